The van der Waals surface area contributed by atoms with Gasteiger partial charge in [0.25, 0.3) is 0 Å². The average molecular weight is 230 g/mol. The molecule has 0 saturated carbocycles. The number of aliphatic hydroxyl groups is 1. The van der Waals surface area contributed by atoms with Gasteiger partial charge in [0.05, 0.1) is 24.7 Å². The van der Waals surface area contributed by atoms with Gasteiger partial charge < -0.3 is 20.0 Å². The highest BCUT2D eigenvalue weighted by Crippen LogP contribution is 2.35. The molecule has 16 heavy (non-hydrogen) atoms. The van der Waals surface area contributed by atoms with E-state index in [1.54, 1.807) is 0 Å². The maximum atomic E-state index is 11.2. The lowest BCUT2D eigenvalue weighted by molar-refractivity contribution is 0.0617. The van der Waals surface area contributed by atoms with Gasteiger partial charge >= 0.3 is 6.09 Å². The zero-order valence-electron chi connectivity index (χ0n) is 10.6. The monoisotopic (exact) mass is 230 g/mol. The van der Waals surface area contributed by atoms with E-state index >= 15 is 0 Å². The molecule has 1 fully saturated rings. The zero-order valence-corrected chi connectivity index (χ0v) is 10.6. The molecule has 0 radical (unpaired) electrons. The van der Waals surface area contributed by atoms with Crippen molar-refractivity contribution >= 4 is 6.09 Å². The first-order valence-electron chi connectivity index (χ1n) is 5.50. The summed E-state index contributed by atoms with van der Waals surface area (Å²) in [5.74, 6) is 0. The normalized spacial score (nSPS) is 31.2. The molecule has 1 unspecified atom stereocenters. The molecule has 1 aliphatic rings. The average Bonchev–Trinajstić information content (AvgIpc) is 2.41. The molecule has 1 amide bonds. The minimum atomic E-state index is -0.955. The number of aliphatic hydroxyl groups excluding tert-OH is 1. The van der Waals surface area contributed by atoms with E-state index < -0.39 is 12.2 Å². The molecule has 0 bridgehead atoms. The first-order chi connectivity index (χ1) is 7.16. The summed E-state index contributed by atoms with van der Waals surface area (Å²) in [4.78, 5) is 14.4. The molecule has 0 spiro atoms. The van der Waals surface area contributed by atoms with Crippen LogP contribution in [0, 0.1) is 5.41 Å². The van der Waals surface area contributed by atoms with Crippen LogP contribution < -0.4 is 0 Å². The molecule has 0 aromatic heterocycles. The van der Waals surface area contributed by atoms with Crippen LogP contribution in [-0.4, -0.2) is 64.9 Å². The Morgan fingerprint density at radius 3 is 2.19 bits per heavy atom. The standard InChI is InChI=1S/C11H22N2O3/c1-11(2,3)9-8(12(4)5)7(14)6-13(9)10(15)16/h7-9,14H,6H2,1-5H3,(H,15,16)/t7-,8+,9?/m1/s1. The Labute approximate surface area is 96.7 Å². The Bertz CT molecular complexity index is 273. The summed E-state index contributed by atoms with van der Waals surface area (Å²) in [7, 11) is 3.75. The van der Waals surface area contributed by atoms with E-state index in [9.17, 15) is 9.90 Å². The molecule has 0 aliphatic carbocycles. The Morgan fingerprint density at radius 1 is 1.38 bits per heavy atom. The molecule has 2 N–H and O–H groups in total. The van der Waals surface area contributed by atoms with Crippen molar-refractivity contribution in [1.29, 1.82) is 0 Å². The van der Waals surface area contributed by atoms with Crippen LogP contribution in [-0.2, 0) is 0 Å². The van der Waals surface area contributed by atoms with Gasteiger partial charge in [0.15, 0.2) is 0 Å². The second-order valence-corrected chi connectivity index (χ2v) is 5.77. The van der Waals surface area contributed by atoms with Crippen molar-refractivity contribution in [3.8, 4) is 0 Å². The third kappa shape index (κ3) is 2.30. The van der Waals surface area contributed by atoms with Crippen molar-refractivity contribution in [1.82, 2.24) is 9.80 Å². The summed E-state index contributed by atoms with van der Waals surface area (Å²) in [5.41, 5.74) is -0.190. The minimum Gasteiger partial charge on any atom is -0.465 e. The molecular weight excluding hydrogens is 208 g/mol. The molecule has 0 aromatic rings. The fourth-order valence-electron chi connectivity index (χ4n) is 2.62. The smallest absolute Gasteiger partial charge is 0.407 e. The molecule has 1 rings (SSSR count). The van der Waals surface area contributed by atoms with Crippen molar-refractivity contribution in [3.63, 3.8) is 0 Å². The summed E-state index contributed by atoms with van der Waals surface area (Å²) in [5, 5.41) is 19.1. The molecule has 94 valence electrons. The third-order valence-electron chi connectivity index (χ3n) is 3.17. The van der Waals surface area contributed by atoms with Crippen LogP contribution in [0.25, 0.3) is 0 Å². The van der Waals surface area contributed by atoms with Crippen LogP contribution in [0.1, 0.15) is 20.8 Å². The van der Waals surface area contributed by atoms with E-state index in [0.29, 0.717) is 0 Å². The van der Waals surface area contributed by atoms with Gasteiger partial charge in [-0.05, 0) is 19.5 Å². The largest absolute Gasteiger partial charge is 0.465 e. The van der Waals surface area contributed by atoms with Crippen molar-refractivity contribution in [3.05, 3.63) is 0 Å². The Kier molecular flexibility index (Phi) is 3.50. The number of hydrogen-bond acceptors (Lipinski definition) is 3. The first-order valence-corrected chi connectivity index (χ1v) is 5.50. The predicted octanol–water partition coefficient (Wildman–Crippen LogP) is 0.686. The van der Waals surface area contributed by atoms with Crippen molar-refractivity contribution < 1.29 is 15.0 Å². The molecule has 0 aromatic carbocycles. The lowest BCUT2D eigenvalue weighted by Crippen LogP contribution is -2.52. The molecule has 5 heteroatoms. The van der Waals surface area contributed by atoms with E-state index in [1.807, 2.05) is 39.8 Å². The van der Waals surface area contributed by atoms with Crippen LogP contribution in [0.2, 0.25) is 0 Å². The second-order valence-electron chi connectivity index (χ2n) is 5.77. The fourth-order valence-corrected chi connectivity index (χ4v) is 2.62. The van der Waals surface area contributed by atoms with Gasteiger partial charge in [-0.15, -0.1) is 0 Å². The minimum absolute atomic E-state index is 0.143. The molecule has 3 atom stereocenters. The van der Waals surface area contributed by atoms with Crippen molar-refractivity contribution in [2.24, 2.45) is 5.41 Å². The maximum absolute atomic E-state index is 11.2. The van der Waals surface area contributed by atoms with E-state index in [1.165, 1.54) is 4.90 Å². The first kappa shape index (κ1) is 13.3. The summed E-state index contributed by atoms with van der Waals surface area (Å²) in [6, 6.07) is -0.328. The summed E-state index contributed by atoms with van der Waals surface area (Å²) in [6.45, 7) is 6.20. The summed E-state index contributed by atoms with van der Waals surface area (Å²) < 4.78 is 0. The number of hydrogen-bond donors (Lipinski definition) is 2. The number of likely N-dealkylation sites (N-methyl/N-ethyl adjacent to an activating group) is 1. The number of likely N-dealkylation sites (tertiary alicyclic amines) is 1. The highest BCUT2D eigenvalue weighted by Gasteiger charge is 2.49. The van der Waals surface area contributed by atoms with Crippen LogP contribution in [0.4, 0.5) is 4.79 Å². The van der Waals surface area contributed by atoms with Gasteiger partial charge in [-0.1, -0.05) is 20.8 Å². The van der Waals surface area contributed by atoms with Crippen molar-refractivity contribution in [2.75, 3.05) is 20.6 Å². The lowest BCUT2D eigenvalue weighted by Gasteiger charge is -2.39. The fraction of sp³-hybridized carbons (Fsp3) is 0.909. The number of carbonyl (C=O) groups is 1. The number of β-amino-alcohol motifs (C(OH)–C–C–N with tert-alkyl or cyclic N) is 1. The summed E-state index contributed by atoms with van der Waals surface area (Å²) >= 11 is 0. The number of carboxylic acid groups (broad SMARTS) is 1. The van der Waals surface area contributed by atoms with Crippen LogP contribution in [0.3, 0.4) is 0 Å². The van der Waals surface area contributed by atoms with Crippen molar-refractivity contribution in [2.45, 2.75) is 39.0 Å². The van der Waals surface area contributed by atoms with Gasteiger partial charge in [-0.3, -0.25) is 0 Å². The summed E-state index contributed by atoms with van der Waals surface area (Å²) in [6.07, 6.45) is -1.57. The number of nitrogens with zero attached hydrogens (tertiary/aromatic N) is 2. The van der Waals surface area contributed by atoms with Crippen LogP contribution in [0.15, 0.2) is 0 Å². The van der Waals surface area contributed by atoms with Gasteiger partial charge in [0, 0.05) is 0 Å². The van der Waals surface area contributed by atoms with Crippen LogP contribution >= 0.6 is 0 Å². The van der Waals surface area contributed by atoms with Gasteiger partial charge in [-0.25, -0.2) is 4.79 Å². The molecule has 1 heterocycles. The quantitative estimate of drug-likeness (QED) is 0.695. The van der Waals surface area contributed by atoms with Gasteiger partial charge in [0.2, 0.25) is 0 Å². The van der Waals surface area contributed by atoms with Crippen LogP contribution in [0.5, 0.6) is 0 Å². The maximum Gasteiger partial charge on any atom is 0.407 e. The van der Waals surface area contributed by atoms with Gasteiger partial charge in [-0.2, -0.15) is 0 Å². The number of amides is 1. The van der Waals surface area contributed by atoms with E-state index in [-0.39, 0.29) is 24.0 Å². The molecular formula is C11H22N2O3. The number of rotatable bonds is 1. The zero-order chi connectivity index (χ0) is 12.7. The second kappa shape index (κ2) is 4.22. The Hall–Kier alpha value is -0.810. The highest BCUT2D eigenvalue weighted by atomic mass is 16.4. The Balaban J connectivity index is 3.05. The molecule has 5 nitrogen and oxygen atoms in total. The van der Waals surface area contributed by atoms with E-state index in [0.717, 1.165) is 0 Å². The van der Waals surface area contributed by atoms with Gasteiger partial charge in [0.1, 0.15) is 0 Å². The highest BCUT2D eigenvalue weighted by molar-refractivity contribution is 5.66. The molecule has 1 aliphatic heterocycles. The lowest BCUT2D eigenvalue weighted by atomic mass is 9.82. The Morgan fingerprint density at radius 2 is 1.88 bits per heavy atom. The SMILES string of the molecule is CN(C)[C@@H]1C(C(C)(C)C)N(C(=O)O)C[C@H]1O. The topological polar surface area (TPSA) is 64.0 Å². The van der Waals surface area contributed by atoms with E-state index in [4.69, 9.17) is 5.11 Å². The third-order valence-corrected chi connectivity index (χ3v) is 3.17. The molecule has 1 saturated heterocycles. The van der Waals surface area contributed by atoms with E-state index in [2.05, 4.69) is 0 Å². The predicted molar refractivity (Wildman–Crippen MR) is 61.5 cm³/mol.